The molecule has 1 aliphatic heterocycles. The second kappa shape index (κ2) is 7.10. The molecule has 0 saturated heterocycles. The molecule has 1 amide bonds. The molecule has 3 heterocycles. The first kappa shape index (κ1) is 20.4. The molecule has 0 aliphatic carbocycles. The molecule has 0 bridgehead atoms. The highest BCUT2D eigenvalue weighted by molar-refractivity contribution is 7.90. The first-order valence-corrected chi connectivity index (χ1v) is 11.1. The van der Waals surface area contributed by atoms with E-state index in [-0.39, 0.29) is 10.8 Å². The molecule has 30 heavy (non-hydrogen) atoms. The molecule has 0 fully saturated rings. The summed E-state index contributed by atoms with van der Waals surface area (Å²) in [5.41, 5.74) is 0.866. The average Bonchev–Trinajstić information content (AvgIpc) is 3.14. The Kier molecular flexibility index (Phi) is 4.82. The van der Waals surface area contributed by atoms with E-state index < -0.39 is 15.6 Å². The van der Waals surface area contributed by atoms with Crippen LogP contribution in [0.4, 0.5) is 11.4 Å². The van der Waals surface area contributed by atoms with E-state index in [1.807, 2.05) is 32.8 Å². The number of hydrogen-bond donors (Lipinski definition) is 1. The van der Waals surface area contributed by atoms with Crippen molar-refractivity contribution < 1.29 is 13.2 Å². The van der Waals surface area contributed by atoms with Crippen LogP contribution in [0.1, 0.15) is 13.8 Å². The Morgan fingerprint density at radius 3 is 2.50 bits per heavy atom. The van der Waals surface area contributed by atoms with Crippen LogP contribution in [-0.4, -0.2) is 60.9 Å². The number of aromatic nitrogens is 2. The Labute approximate surface area is 176 Å². The Morgan fingerprint density at radius 2 is 1.83 bits per heavy atom. The highest BCUT2D eigenvalue weighted by Gasteiger charge is 2.40. The van der Waals surface area contributed by atoms with Gasteiger partial charge in [0.2, 0.25) is 0 Å². The molecule has 4 rings (SSSR count). The first-order chi connectivity index (χ1) is 14.1. The van der Waals surface area contributed by atoms with Gasteiger partial charge in [-0.25, -0.2) is 17.4 Å². The van der Waals surface area contributed by atoms with Gasteiger partial charge in [0, 0.05) is 24.7 Å². The predicted octanol–water partition coefficient (Wildman–Crippen LogP) is 2.37. The second-order valence-corrected chi connectivity index (χ2v) is 10.0. The molecule has 0 saturated carbocycles. The number of fused-ring (bicyclic) bond motifs is 3. The standard InChI is InChI=1S/C21H25N5O3S/c1-21(2)20(27)25(13-12-24(3)4)17-14-22-19-16(18(17)23-21)10-11-26(19)30(28,29)15-8-6-5-7-9-15/h5-11,14,23H,12-13H2,1-4H3. The van der Waals surface area contributed by atoms with Crippen molar-refractivity contribution in [2.24, 2.45) is 0 Å². The number of anilines is 2. The van der Waals surface area contributed by atoms with Crippen molar-refractivity contribution in [3.63, 3.8) is 0 Å². The van der Waals surface area contributed by atoms with Crippen molar-refractivity contribution >= 4 is 38.3 Å². The summed E-state index contributed by atoms with van der Waals surface area (Å²) in [6.45, 7) is 4.86. The maximum atomic E-state index is 13.1. The van der Waals surface area contributed by atoms with Crippen LogP contribution >= 0.6 is 0 Å². The highest BCUT2D eigenvalue weighted by atomic mass is 32.2. The van der Waals surface area contributed by atoms with Gasteiger partial charge >= 0.3 is 0 Å². The van der Waals surface area contributed by atoms with Gasteiger partial charge in [-0.05, 0) is 46.1 Å². The molecule has 3 aromatic rings. The van der Waals surface area contributed by atoms with Crippen LogP contribution < -0.4 is 10.2 Å². The van der Waals surface area contributed by atoms with E-state index in [0.29, 0.717) is 35.5 Å². The van der Waals surface area contributed by atoms with Crippen LogP contribution in [0.5, 0.6) is 0 Å². The summed E-state index contributed by atoms with van der Waals surface area (Å²) < 4.78 is 27.4. The van der Waals surface area contributed by atoms with Crippen LogP contribution in [0.15, 0.2) is 53.7 Å². The topological polar surface area (TPSA) is 87.5 Å². The van der Waals surface area contributed by atoms with Crippen molar-refractivity contribution in [1.82, 2.24) is 13.9 Å². The normalized spacial score (nSPS) is 16.0. The predicted molar refractivity (Wildman–Crippen MR) is 117 cm³/mol. The molecule has 1 N–H and O–H groups in total. The van der Waals surface area contributed by atoms with Crippen molar-refractivity contribution in [2.75, 3.05) is 37.4 Å². The number of carbonyl (C=O) groups is 1. The third-order valence-electron chi connectivity index (χ3n) is 5.24. The highest BCUT2D eigenvalue weighted by Crippen LogP contribution is 2.40. The lowest BCUT2D eigenvalue weighted by Gasteiger charge is -2.40. The number of likely N-dealkylation sites (N-methyl/N-ethyl adjacent to an activating group) is 1. The van der Waals surface area contributed by atoms with E-state index in [4.69, 9.17) is 0 Å². The number of pyridine rings is 1. The van der Waals surface area contributed by atoms with Gasteiger partial charge in [-0.15, -0.1) is 0 Å². The number of carbonyl (C=O) groups excluding carboxylic acids is 1. The maximum absolute atomic E-state index is 13.1. The molecule has 9 heteroatoms. The van der Waals surface area contributed by atoms with Gasteiger partial charge in [-0.3, -0.25) is 4.79 Å². The number of nitrogens with zero attached hydrogens (tertiary/aromatic N) is 4. The fourth-order valence-electron chi connectivity index (χ4n) is 3.62. The monoisotopic (exact) mass is 427 g/mol. The quantitative estimate of drug-likeness (QED) is 0.673. The third-order valence-corrected chi connectivity index (χ3v) is 6.92. The lowest BCUT2D eigenvalue weighted by Crippen LogP contribution is -2.55. The van der Waals surface area contributed by atoms with E-state index in [9.17, 15) is 13.2 Å². The van der Waals surface area contributed by atoms with Crippen LogP contribution in [0.3, 0.4) is 0 Å². The summed E-state index contributed by atoms with van der Waals surface area (Å²) in [5.74, 6) is -0.0469. The summed E-state index contributed by atoms with van der Waals surface area (Å²) in [5, 5.41) is 3.95. The minimum atomic E-state index is -3.78. The van der Waals surface area contributed by atoms with Crippen LogP contribution in [-0.2, 0) is 14.8 Å². The molecule has 0 spiro atoms. The zero-order valence-corrected chi connectivity index (χ0v) is 18.3. The molecule has 0 radical (unpaired) electrons. The van der Waals surface area contributed by atoms with Gasteiger partial charge < -0.3 is 15.1 Å². The molecule has 1 aromatic carbocycles. The molecule has 0 atom stereocenters. The van der Waals surface area contributed by atoms with Crippen molar-refractivity contribution in [3.05, 3.63) is 48.8 Å². The van der Waals surface area contributed by atoms with Gasteiger partial charge in [0.05, 0.1) is 22.5 Å². The number of hydrogen-bond acceptors (Lipinski definition) is 6. The summed E-state index contributed by atoms with van der Waals surface area (Å²) in [7, 11) is 0.122. The van der Waals surface area contributed by atoms with E-state index in [0.717, 1.165) is 0 Å². The van der Waals surface area contributed by atoms with Crippen LogP contribution in [0.25, 0.3) is 11.0 Å². The largest absolute Gasteiger partial charge is 0.369 e. The van der Waals surface area contributed by atoms with Gasteiger partial charge in [0.15, 0.2) is 5.65 Å². The third kappa shape index (κ3) is 3.23. The fraction of sp³-hybridized carbons (Fsp3) is 0.333. The fourth-order valence-corrected chi connectivity index (χ4v) is 4.95. The van der Waals surface area contributed by atoms with Crippen LogP contribution in [0, 0.1) is 0 Å². The zero-order valence-electron chi connectivity index (χ0n) is 17.5. The average molecular weight is 428 g/mol. The van der Waals surface area contributed by atoms with Gasteiger partial charge in [-0.2, -0.15) is 0 Å². The maximum Gasteiger partial charge on any atom is 0.269 e. The summed E-state index contributed by atoms with van der Waals surface area (Å²) in [4.78, 5) is 21.4. The summed E-state index contributed by atoms with van der Waals surface area (Å²) in [6.07, 6.45) is 3.08. The van der Waals surface area contributed by atoms with E-state index in [1.165, 1.54) is 10.2 Å². The number of benzene rings is 1. The van der Waals surface area contributed by atoms with Gasteiger partial charge in [0.25, 0.3) is 15.9 Å². The molecule has 2 aromatic heterocycles. The molecule has 158 valence electrons. The van der Waals surface area contributed by atoms with E-state index in [1.54, 1.807) is 47.5 Å². The minimum absolute atomic E-state index is 0.0469. The lowest BCUT2D eigenvalue weighted by molar-refractivity contribution is -0.122. The number of nitrogens with one attached hydrogen (secondary N) is 1. The lowest BCUT2D eigenvalue weighted by atomic mass is 9.98. The van der Waals surface area contributed by atoms with E-state index >= 15 is 0 Å². The number of amides is 1. The number of rotatable bonds is 5. The zero-order chi connectivity index (χ0) is 21.7. The van der Waals surface area contributed by atoms with Crippen molar-refractivity contribution in [1.29, 1.82) is 0 Å². The van der Waals surface area contributed by atoms with Crippen LogP contribution in [0.2, 0.25) is 0 Å². The van der Waals surface area contributed by atoms with E-state index in [2.05, 4.69) is 10.3 Å². The Balaban J connectivity index is 1.87. The molecular formula is C21H25N5O3S. The SMILES string of the molecule is CN(C)CCN1C(=O)C(C)(C)Nc2c1cnc1c2ccn1S(=O)(=O)c1ccccc1. The summed E-state index contributed by atoms with van der Waals surface area (Å²) >= 11 is 0. The molecule has 8 nitrogen and oxygen atoms in total. The molecular weight excluding hydrogens is 402 g/mol. The first-order valence-electron chi connectivity index (χ1n) is 9.68. The smallest absolute Gasteiger partial charge is 0.269 e. The van der Waals surface area contributed by atoms with Gasteiger partial charge in [0.1, 0.15) is 5.54 Å². The van der Waals surface area contributed by atoms with Crippen molar-refractivity contribution in [3.8, 4) is 0 Å². The molecule has 0 unspecified atom stereocenters. The summed E-state index contributed by atoms with van der Waals surface area (Å²) in [6, 6.07) is 9.99. The Morgan fingerprint density at radius 1 is 1.13 bits per heavy atom. The van der Waals surface area contributed by atoms with Crippen molar-refractivity contribution in [2.45, 2.75) is 24.3 Å². The van der Waals surface area contributed by atoms with Gasteiger partial charge in [-0.1, -0.05) is 18.2 Å². The molecule has 1 aliphatic rings. The Bertz CT molecular complexity index is 1220. The minimum Gasteiger partial charge on any atom is -0.369 e. The Hall–Kier alpha value is -2.91. The second-order valence-electron chi connectivity index (χ2n) is 8.20.